The van der Waals surface area contributed by atoms with Gasteiger partial charge in [-0.2, -0.15) is 0 Å². The van der Waals surface area contributed by atoms with Crippen molar-refractivity contribution in [2.24, 2.45) is 0 Å². The molecule has 128 valence electrons. The van der Waals surface area contributed by atoms with Crippen LogP contribution in [0.3, 0.4) is 0 Å². The number of amides is 1. The van der Waals surface area contributed by atoms with Gasteiger partial charge in [0.05, 0.1) is 5.57 Å². The largest absolute Gasteiger partial charge is 0.478 e. The summed E-state index contributed by atoms with van der Waals surface area (Å²) >= 11 is 3.35. The fourth-order valence-electron chi connectivity index (χ4n) is 3.30. The molecule has 0 bridgehead atoms. The van der Waals surface area contributed by atoms with E-state index < -0.39 is 5.97 Å². The van der Waals surface area contributed by atoms with Crippen LogP contribution < -0.4 is 5.32 Å². The van der Waals surface area contributed by atoms with Crippen LogP contribution in [0.1, 0.15) is 28.7 Å². The summed E-state index contributed by atoms with van der Waals surface area (Å²) in [6.07, 6.45) is 1.09. The topological polar surface area (TPSA) is 66.4 Å². The SMILES string of the molecule is Cc1cc(C)c2c(c1)C(C(=O)O)=C(C(=O)Nc1ccc(Br)cc1)CC2. The fraction of sp³-hybridized carbons (Fsp3) is 0.200. The Morgan fingerprint density at radius 1 is 1.08 bits per heavy atom. The van der Waals surface area contributed by atoms with Crippen molar-refractivity contribution < 1.29 is 14.7 Å². The van der Waals surface area contributed by atoms with E-state index >= 15 is 0 Å². The molecule has 1 amide bonds. The van der Waals surface area contributed by atoms with E-state index in [-0.39, 0.29) is 11.5 Å². The Kier molecular flexibility index (Phi) is 4.77. The highest BCUT2D eigenvalue weighted by Gasteiger charge is 2.29. The molecule has 0 aliphatic heterocycles. The third-order valence-corrected chi connectivity index (χ3v) is 4.93. The van der Waals surface area contributed by atoms with Crippen LogP contribution in [0.2, 0.25) is 0 Å². The second kappa shape index (κ2) is 6.84. The number of aryl methyl sites for hydroxylation is 2. The van der Waals surface area contributed by atoms with Gasteiger partial charge in [0.25, 0.3) is 5.91 Å². The molecule has 1 aliphatic carbocycles. The number of carbonyl (C=O) groups excluding carboxylic acids is 1. The first-order valence-corrected chi connectivity index (χ1v) is 8.80. The van der Waals surface area contributed by atoms with E-state index in [1.807, 2.05) is 38.1 Å². The van der Waals surface area contributed by atoms with E-state index in [0.29, 0.717) is 29.7 Å². The molecule has 2 aromatic carbocycles. The first-order valence-electron chi connectivity index (χ1n) is 8.00. The van der Waals surface area contributed by atoms with Gasteiger partial charge in [0, 0.05) is 15.7 Å². The fourth-order valence-corrected chi connectivity index (χ4v) is 3.57. The number of rotatable bonds is 3. The maximum atomic E-state index is 12.7. The minimum atomic E-state index is -1.06. The first kappa shape index (κ1) is 17.4. The van der Waals surface area contributed by atoms with Crippen molar-refractivity contribution in [2.75, 3.05) is 5.32 Å². The smallest absolute Gasteiger partial charge is 0.336 e. The lowest BCUT2D eigenvalue weighted by atomic mass is 9.82. The predicted molar refractivity (Wildman–Crippen MR) is 102 cm³/mol. The lowest BCUT2D eigenvalue weighted by Crippen LogP contribution is -2.22. The molecule has 0 fully saturated rings. The molecule has 0 saturated carbocycles. The van der Waals surface area contributed by atoms with Crippen LogP contribution in [-0.2, 0) is 16.0 Å². The highest BCUT2D eigenvalue weighted by Crippen LogP contribution is 2.35. The summed E-state index contributed by atoms with van der Waals surface area (Å²) < 4.78 is 0.911. The molecule has 25 heavy (non-hydrogen) atoms. The zero-order chi connectivity index (χ0) is 18.1. The van der Waals surface area contributed by atoms with E-state index in [4.69, 9.17) is 0 Å². The van der Waals surface area contributed by atoms with Crippen molar-refractivity contribution >= 4 is 39.1 Å². The number of halogens is 1. The minimum Gasteiger partial charge on any atom is -0.478 e. The molecule has 2 aromatic rings. The molecular weight excluding hydrogens is 382 g/mol. The molecule has 0 saturated heterocycles. The van der Waals surface area contributed by atoms with Gasteiger partial charge < -0.3 is 10.4 Å². The van der Waals surface area contributed by atoms with E-state index in [1.165, 1.54) is 0 Å². The zero-order valence-electron chi connectivity index (χ0n) is 14.0. The Labute approximate surface area is 154 Å². The zero-order valence-corrected chi connectivity index (χ0v) is 15.6. The first-order chi connectivity index (χ1) is 11.9. The Hall–Kier alpha value is -2.40. The Bertz CT molecular complexity index is 898. The minimum absolute atomic E-state index is 0.114. The standard InChI is InChI=1S/C20H18BrNO3/c1-11-9-12(2)15-7-8-16(18(20(24)25)17(15)10-11)19(23)22-14-5-3-13(21)4-6-14/h3-6,9-10H,7-8H2,1-2H3,(H,22,23)(H,24,25). The van der Waals surface area contributed by atoms with Crippen molar-refractivity contribution in [3.63, 3.8) is 0 Å². The number of carbonyl (C=O) groups is 2. The number of carboxylic acid groups (broad SMARTS) is 1. The number of hydrogen-bond donors (Lipinski definition) is 2. The molecular formula is C20H18BrNO3. The molecule has 0 heterocycles. The van der Waals surface area contributed by atoms with Gasteiger partial charge in [-0.25, -0.2) is 4.79 Å². The summed E-state index contributed by atoms with van der Waals surface area (Å²) in [5.74, 6) is -1.42. The average molecular weight is 400 g/mol. The van der Waals surface area contributed by atoms with E-state index in [9.17, 15) is 14.7 Å². The number of carboxylic acids is 1. The van der Waals surface area contributed by atoms with Crippen molar-refractivity contribution in [1.82, 2.24) is 0 Å². The Morgan fingerprint density at radius 3 is 2.40 bits per heavy atom. The van der Waals surface area contributed by atoms with Crippen LogP contribution in [0.4, 0.5) is 5.69 Å². The summed E-state index contributed by atoms with van der Waals surface area (Å²) in [7, 11) is 0. The molecule has 0 atom stereocenters. The van der Waals surface area contributed by atoms with Crippen LogP contribution >= 0.6 is 15.9 Å². The molecule has 3 rings (SSSR count). The van der Waals surface area contributed by atoms with Gasteiger partial charge in [-0.05, 0) is 67.6 Å². The maximum Gasteiger partial charge on any atom is 0.336 e. The van der Waals surface area contributed by atoms with Crippen LogP contribution in [0, 0.1) is 13.8 Å². The predicted octanol–water partition coefficient (Wildman–Crippen LogP) is 4.49. The third-order valence-electron chi connectivity index (χ3n) is 4.40. The third kappa shape index (κ3) is 3.51. The van der Waals surface area contributed by atoms with Gasteiger partial charge in [-0.3, -0.25) is 4.79 Å². The van der Waals surface area contributed by atoms with Crippen LogP contribution in [0.25, 0.3) is 5.57 Å². The molecule has 0 unspecified atom stereocenters. The van der Waals surface area contributed by atoms with E-state index in [2.05, 4.69) is 21.2 Å². The van der Waals surface area contributed by atoms with Crippen LogP contribution in [0.15, 0.2) is 46.4 Å². The second-order valence-corrected chi connectivity index (χ2v) is 7.14. The van der Waals surface area contributed by atoms with Crippen molar-refractivity contribution in [2.45, 2.75) is 26.7 Å². The number of fused-ring (bicyclic) bond motifs is 1. The second-order valence-electron chi connectivity index (χ2n) is 6.23. The molecule has 0 aromatic heterocycles. The quantitative estimate of drug-likeness (QED) is 0.798. The van der Waals surface area contributed by atoms with Crippen molar-refractivity contribution in [3.8, 4) is 0 Å². The van der Waals surface area contributed by atoms with Gasteiger partial charge in [-0.1, -0.05) is 33.6 Å². The summed E-state index contributed by atoms with van der Waals surface area (Å²) in [6, 6.07) is 11.1. The van der Waals surface area contributed by atoms with Crippen molar-refractivity contribution in [1.29, 1.82) is 0 Å². The Morgan fingerprint density at radius 2 is 1.76 bits per heavy atom. The van der Waals surface area contributed by atoms with Gasteiger partial charge in [0.2, 0.25) is 0 Å². The molecule has 2 N–H and O–H groups in total. The van der Waals surface area contributed by atoms with E-state index in [1.54, 1.807) is 12.1 Å². The number of aliphatic carboxylic acids is 1. The summed E-state index contributed by atoms with van der Waals surface area (Å²) in [4.78, 5) is 24.6. The molecule has 5 heteroatoms. The van der Waals surface area contributed by atoms with Gasteiger partial charge in [0.1, 0.15) is 0 Å². The molecule has 0 radical (unpaired) electrons. The lowest BCUT2D eigenvalue weighted by Gasteiger charge is -2.23. The number of nitrogens with one attached hydrogen (secondary N) is 1. The molecule has 0 spiro atoms. The highest BCUT2D eigenvalue weighted by atomic mass is 79.9. The molecule has 1 aliphatic rings. The number of benzene rings is 2. The van der Waals surface area contributed by atoms with Crippen LogP contribution in [0.5, 0.6) is 0 Å². The normalized spacial score (nSPS) is 13.4. The van der Waals surface area contributed by atoms with Crippen molar-refractivity contribution in [3.05, 3.63) is 68.7 Å². The number of anilines is 1. The monoisotopic (exact) mass is 399 g/mol. The van der Waals surface area contributed by atoms with E-state index in [0.717, 1.165) is 21.2 Å². The number of hydrogen-bond acceptors (Lipinski definition) is 2. The highest BCUT2D eigenvalue weighted by molar-refractivity contribution is 9.10. The average Bonchev–Trinajstić information content (AvgIpc) is 2.55. The van der Waals surface area contributed by atoms with Gasteiger partial charge >= 0.3 is 5.97 Å². The summed E-state index contributed by atoms with van der Waals surface area (Å²) in [5, 5.41) is 12.5. The maximum absolute atomic E-state index is 12.7. The summed E-state index contributed by atoms with van der Waals surface area (Å²) in [6.45, 7) is 3.92. The molecule has 4 nitrogen and oxygen atoms in total. The lowest BCUT2D eigenvalue weighted by molar-refractivity contribution is -0.130. The van der Waals surface area contributed by atoms with Gasteiger partial charge in [0.15, 0.2) is 0 Å². The Balaban J connectivity index is 2.04. The van der Waals surface area contributed by atoms with Gasteiger partial charge in [-0.15, -0.1) is 0 Å². The summed E-state index contributed by atoms with van der Waals surface area (Å²) in [5.41, 5.74) is 4.82. The van der Waals surface area contributed by atoms with Crippen LogP contribution in [-0.4, -0.2) is 17.0 Å².